The average molecular weight is 309 g/mol. The van der Waals surface area contributed by atoms with Gasteiger partial charge < -0.3 is 9.84 Å². The monoisotopic (exact) mass is 307 g/mol. The summed E-state index contributed by atoms with van der Waals surface area (Å²) in [6.07, 6.45) is 0. The second kappa shape index (κ2) is 4.89. The predicted molar refractivity (Wildman–Crippen MR) is 73.5 cm³/mol. The number of ether oxygens (including phenoxy) is 1. The molecule has 0 bridgehead atoms. The number of halogens is 3. The Balaban J connectivity index is 2.41. The molecule has 0 saturated carbocycles. The highest BCUT2D eigenvalue weighted by Gasteiger charge is 2.43. The second-order valence-corrected chi connectivity index (χ2v) is 6.67. The Morgan fingerprint density at radius 1 is 1.33 bits per heavy atom. The van der Waals surface area contributed by atoms with Crippen LogP contribution < -0.4 is 0 Å². The maximum Gasteiger partial charge on any atom is 0.266 e. The predicted octanol–water partition coefficient (Wildman–Crippen LogP) is 3.28. The van der Waals surface area contributed by atoms with Gasteiger partial charge >= 0.3 is 0 Å². The van der Waals surface area contributed by atoms with Crippen LogP contribution in [0.2, 0.25) is 0 Å². The first-order valence-electron chi connectivity index (χ1n) is 5.36. The lowest BCUT2D eigenvalue weighted by atomic mass is 9.90. The third kappa shape index (κ3) is 2.91. The van der Waals surface area contributed by atoms with E-state index < -0.39 is 15.4 Å². The van der Waals surface area contributed by atoms with Gasteiger partial charge in [-0.1, -0.05) is 65.1 Å². The second-order valence-electron chi connectivity index (χ2n) is 4.39. The summed E-state index contributed by atoms with van der Waals surface area (Å²) in [6.45, 7) is 1.67. The van der Waals surface area contributed by atoms with E-state index in [9.17, 15) is 5.11 Å². The van der Waals surface area contributed by atoms with Gasteiger partial charge in [0.25, 0.3) is 3.79 Å². The minimum absolute atomic E-state index is 0.00729. The number of aliphatic hydroxyl groups is 1. The van der Waals surface area contributed by atoms with Gasteiger partial charge in [0.2, 0.25) is 5.90 Å². The van der Waals surface area contributed by atoms with Crippen molar-refractivity contribution < 1.29 is 9.84 Å². The van der Waals surface area contributed by atoms with Crippen LogP contribution in [-0.4, -0.2) is 27.0 Å². The third-order valence-electron chi connectivity index (χ3n) is 2.69. The zero-order chi connectivity index (χ0) is 13.4. The highest BCUT2D eigenvalue weighted by atomic mass is 35.6. The third-order valence-corrected chi connectivity index (χ3v) is 3.18. The molecular weight excluding hydrogens is 296 g/mol. The SMILES string of the molecule is C[C@]1(O)COC(C(Cl)(Cl)Cl)=N[C@@H]1c1ccccc1. The summed E-state index contributed by atoms with van der Waals surface area (Å²) in [4.78, 5) is 4.22. The molecule has 0 amide bonds. The number of hydrogen-bond acceptors (Lipinski definition) is 3. The summed E-state index contributed by atoms with van der Waals surface area (Å²) in [6, 6.07) is 8.83. The zero-order valence-corrected chi connectivity index (χ0v) is 11.9. The highest BCUT2D eigenvalue weighted by Crippen LogP contribution is 2.38. The van der Waals surface area contributed by atoms with E-state index in [1.165, 1.54) is 0 Å². The molecule has 0 unspecified atom stereocenters. The molecule has 0 aromatic heterocycles. The lowest BCUT2D eigenvalue weighted by Crippen LogP contribution is -2.44. The summed E-state index contributed by atoms with van der Waals surface area (Å²) in [5.74, 6) is 0.00729. The molecular formula is C12H12Cl3NO2. The number of alkyl halides is 3. The number of aliphatic imine (C=N–C) groups is 1. The quantitative estimate of drug-likeness (QED) is 0.809. The van der Waals surface area contributed by atoms with Gasteiger partial charge in [-0.15, -0.1) is 0 Å². The van der Waals surface area contributed by atoms with Crippen molar-refractivity contribution in [3.63, 3.8) is 0 Å². The molecule has 98 valence electrons. The van der Waals surface area contributed by atoms with Crippen molar-refractivity contribution in [2.45, 2.75) is 22.4 Å². The lowest BCUT2D eigenvalue weighted by Gasteiger charge is -2.36. The van der Waals surface area contributed by atoms with E-state index in [0.29, 0.717) is 0 Å². The number of benzene rings is 1. The van der Waals surface area contributed by atoms with E-state index in [2.05, 4.69) is 4.99 Å². The Labute approximate surface area is 120 Å². The minimum atomic E-state index is -1.72. The maximum absolute atomic E-state index is 10.3. The Morgan fingerprint density at radius 2 is 1.94 bits per heavy atom. The molecule has 1 aromatic carbocycles. The normalized spacial score (nSPS) is 28.5. The Bertz CT molecular complexity index is 454. The molecule has 1 aliphatic heterocycles. The number of hydrogen-bond donors (Lipinski definition) is 1. The smallest absolute Gasteiger partial charge is 0.266 e. The molecule has 18 heavy (non-hydrogen) atoms. The summed E-state index contributed by atoms with van der Waals surface area (Å²) in [5.41, 5.74) is -0.293. The van der Waals surface area contributed by atoms with Crippen LogP contribution >= 0.6 is 34.8 Å². The fourth-order valence-electron chi connectivity index (χ4n) is 1.81. The molecule has 0 aliphatic carbocycles. The summed E-state index contributed by atoms with van der Waals surface area (Å²) < 4.78 is 3.49. The van der Waals surface area contributed by atoms with Crippen molar-refractivity contribution in [2.75, 3.05) is 6.61 Å². The minimum Gasteiger partial charge on any atom is -0.475 e. The summed E-state index contributed by atoms with van der Waals surface area (Å²) in [7, 11) is 0. The first-order chi connectivity index (χ1) is 8.31. The standard InChI is InChI=1S/C12H12Cl3NO2/c1-11(17)7-18-10(12(13,14)15)16-9(11)8-5-3-2-4-6-8/h2-6,9,17H,7H2,1H3/t9-,11+/m1/s1. The van der Waals surface area contributed by atoms with Gasteiger partial charge in [-0.05, 0) is 12.5 Å². The molecule has 0 radical (unpaired) electrons. The first-order valence-corrected chi connectivity index (χ1v) is 6.49. The van der Waals surface area contributed by atoms with Crippen LogP contribution in [-0.2, 0) is 4.74 Å². The maximum atomic E-state index is 10.3. The van der Waals surface area contributed by atoms with Crippen molar-refractivity contribution in [3.8, 4) is 0 Å². The molecule has 0 saturated heterocycles. The van der Waals surface area contributed by atoms with E-state index in [-0.39, 0.29) is 12.5 Å². The van der Waals surface area contributed by atoms with Gasteiger partial charge in [-0.25, -0.2) is 4.99 Å². The number of nitrogens with zero attached hydrogens (tertiary/aromatic N) is 1. The Hall–Kier alpha value is -0.480. The van der Waals surface area contributed by atoms with Crippen molar-refractivity contribution in [3.05, 3.63) is 35.9 Å². The topological polar surface area (TPSA) is 41.8 Å². The largest absolute Gasteiger partial charge is 0.475 e. The van der Waals surface area contributed by atoms with Gasteiger partial charge in [0, 0.05) is 0 Å². The molecule has 1 N–H and O–H groups in total. The van der Waals surface area contributed by atoms with Crippen LogP contribution in [0.1, 0.15) is 18.5 Å². The van der Waals surface area contributed by atoms with Crippen molar-refractivity contribution >= 4 is 40.7 Å². The van der Waals surface area contributed by atoms with Crippen molar-refractivity contribution in [2.24, 2.45) is 4.99 Å². The Kier molecular flexibility index (Phi) is 3.79. The molecule has 0 spiro atoms. The molecule has 2 atom stereocenters. The number of rotatable bonds is 1. The van der Waals surface area contributed by atoms with E-state index in [0.717, 1.165) is 5.56 Å². The molecule has 0 fully saturated rings. The van der Waals surface area contributed by atoms with Crippen LogP contribution in [0, 0.1) is 0 Å². The van der Waals surface area contributed by atoms with Gasteiger partial charge in [-0.2, -0.15) is 0 Å². The van der Waals surface area contributed by atoms with Gasteiger partial charge in [0.1, 0.15) is 18.2 Å². The zero-order valence-electron chi connectivity index (χ0n) is 9.61. The molecule has 3 nitrogen and oxygen atoms in total. The Morgan fingerprint density at radius 3 is 2.50 bits per heavy atom. The molecule has 1 aromatic rings. The molecule has 2 rings (SSSR count). The van der Waals surface area contributed by atoms with E-state index in [4.69, 9.17) is 39.5 Å². The lowest BCUT2D eigenvalue weighted by molar-refractivity contribution is -0.0281. The van der Waals surface area contributed by atoms with Crippen LogP contribution in [0.15, 0.2) is 35.3 Å². The molecule has 1 heterocycles. The fraction of sp³-hybridized carbons (Fsp3) is 0.417. The van der Waals surface area contributed by atoms with Crippen LogP contribution in [0.5, 0.6) is 0 Å². The van der Waals surface area contributed by atoms with Gasteiger partial charge in [0.15, 0.2) is 0 Å². The molecule has 6 heteroatoms. The van der Waals surface area contributed by atoms with E-state index in [1.54, 1.807) is 6.92 Å². The van der Waals surface area contributed by atoms with Gasteiger partial charge in [0.05, 0.1) is 0 Å². The van der Waals surface area contributed by atoms with Crippen LogP contribution in [0.3, 0.4) is 0 Å². The first kappa shape index (κ1) is 13.9. The molecule has 1 aliphatic rings. The fourth-order valence-corrected chi connectivity index (χ4v) is 2.12. The van der Waals surface area contributed by atoms with Gasteiger partial charge in [-0.3, -0.25) is 0 Å². The average Bonchev–Trinajstić information content (AvgIpc) is 2.28. The van der Waals surface area contributed by atoms with Crippen molar-refractivity contribution in [1.29, 1.82) is 0 Å². The van der Waals surface area contributed by atoms with E-state index >= 15 is 0 Å². The van der Waals surface area contributed by atoms with Crippen LogP contribution in [0.25, 0.3) is 0 Å². The summed E-state index contributed by atoms with van der Waals surface area (Å²) >= 11 is 17.3. The van der Waals surface area contributed by atoms with Crippen LogP contribution in [0.4, 0.5) is 0 Å². The van der Waals surface area contributed by atoms with Crippen molar-refractivity contribution in [1.82, 2.24) is 0 Å². The highest BCUT2D eigenvalue weighted by molar-refractivity contribution is 6.76. The summed E-state index contributed by atoms with van der Waals surface area (Å²) in [5, 5.41) is 10.3. The van der Waals surface area contributed by atoms with E-state index in [1.807, 2.05) is 30.3 Å².